The number of nitrogens with one attached hydrogen (secondary N) is 2. The number of likely N-dealkylation sites (tertiary alicyclic amines) is 1. The average molecular weight is 306 g/mol. The molecule has 0 amide bonds. The third-order valence-corrected chi connectivity index (χ3v) is 5.72. The minimum Gasteiger partial charge on any atom is -0.356 e. The van der Waals surface area contributed by atoms with Crippen LogP contribution in [0.1, 0.15) is 57.8 Å². The SMILES string of the molecule is CN=C(NCCCC1CCCC1)NCC1CCN(C2CC2)C1. The first kappa shape index (κ1) is 16.1. The van der Waals surface area contributed by atoms with Crippen LogP contribution in [-0.4, -0.2) is 50.1 Å². The van der Waals surface area contributed by atoms with Crippen LogP contribution < -0.4 is 10.6 Å². The summed E-state index contributed by atoms with van der Waals surface area (Å²) < 4.78 is 0. The van der Waals surface area contributed by atoms with E-state index < -0.39 is 0 Å². The monoisotopic (exact) mass is 306 g/mol. The Hall–Kier alpha value is -0.770. The molecule has 1 heterocycles. The van der Waals surface area contributed by atoms with Gasteiger partial charge in [0.2, 0.25) is 0 Å². The smallest absolute Gasteiger partial charge is 0.190 e. The number of nitrogens with zero attached hydrogens (tertiary/aromatic N) is 2. The van der Waals surface area contributed by atoms with Gasteiger partial charge in [0.15, 0.2) is 5.96 Å². The fourth-order valence-corrected chi connectivity index (χ4v) is 4.16. The third kappa shape index (κ3) is 4.87. The van der Waals surface area contributed by atoms with Gasteiger partial charge in [0, 0.05) is 32.7 Å². The van der Waals surface area contributed by atoms with Crippen LogP contribution in [0, 0.1) is 11.8 Å². The van der Waals surface area contributed by atoms with Crippen LogP contribution in [0.25, 0.3) is 0 Å². The van der Waals surface area contributed by atoms with Crippen LogP contribution in [0.2, 0.25) is 0 Å². The van der Waals surface area contributed by atoms with E-state index in [1.165, 1.54) is 70.9 Å². The average Bonchev–Trinajstić information content (AvgIpc) is 3.06. The van der Waals surface area contributed by atoms with Crippen molar-refractivity contribution in [2.24, 2.45) is 16.8 Å². The lowest BCUT2D eigenvalue weighted by molar-refractivity contribution is 0.314. The molecule has 0 bridgehead atoms. The molecular formula is C18H34N4. The summed E-state index contributed by atoms with van der Waals surface area (Å²) in [4.78, 5) is 7.05. The Morgan fingerprint density at radius 1 is 1.05 bits per heavy atom. The molecule has 1 saturated heterocycles. The van der Waals surface area contributed by atoms with Gasteiger partial charge in [-0.3, -0.25) is 4.99 Å². The minimum absolute atomic E-state index is 0.803. The van der Waals surface area contributed by atoms with Crippen molar-refractivity contribution >= 4 is 5.96 Å². The lowest BCUT2D eigenvalue weighted by Gasteiger charge is -2.17. The van der Waals surface area contributed by atoms with Gasteiger partial charge in [0.05, 0.1) is 0 Å². The normalized spacial score (nSPS) is 27.5. The largest absolute Gasteiger partial charge is 0.356 e. The number of hydrogen-bond acceptors (Lipinski definition) is 2. The highest BCUT2D eigenvalue weighted by molar-refractivity contribution is 5.79. The van der Waals surface area contributed by atoms with Gasteiger partial charge >= 0.3 is 0 Å². The van der Waals surface area contributed by atoms with Crippen LogP contribution >= 0.6 is 0 Å². The molecule has 0 spiro atoms. The topological polar surface area (TPSA) is 39.7 Å². The van der Waals surface area contributed by atoms with Gasteiger partial charge in [-0.2, -0.15) is 0 Å². The Morgan fingerprint density at radius 2 is 1.86 bits per heavy atom. The minimum atomic E-state index is 0.803. The number of rotatable bonds is 7. The molecule has 0 aromatic heterocycles. The Kier molecular flexibility index (Phi) is 5.99. The predicted molar refractivity (Wildman–Crippen MR) is 93.3 cm³/mol. The van der Waals surface area contributed by atoms with Crippen molar-refractivity contribution in [2.45, 2.75) is 63.8 Å². The second-order valence-electron chi connectivity index (χ2n) is 7.55. The van der Waals surface area contributed by atoms with Crippen molar-refractivity contribution in [1.29, 1.82) is 0 Å². The molecule has 0 aromatic carbocycles. The van der Waals surface area contributed by atoms with Gasteiger partial charge < -0.3 is 15.5 Å². The van der Waals surface area contributed by atoms with Gasteiger partial charge in [-0.15, -0.1) is 0 Å². The number of hydrogen-bond donors (Lipinski definition) is 2. The summed E-state index contributed by atoms with van der Waals surface area (Å²) in [6.07, 6.45) is 12.7. The van der Waals surface area contributed by atoms with Crippen molar-refractivity contribution < 1.29 is 0 Å². The molecule has 3 rings (SSSR count). The fourth-order valence-electron chi connectivity index (χ4n) is 4.16. The summed E-state index contributed by atoms with van der Waals surface area (Å²) in [5, 5.41) is 7.02. The molecule has 126 valence electrons. The van der Waals surface area contributed by atoms with Crippen LogP contribution in [0.4, 0.5) is 0 Å². The van der Waals surface area contributed by atoms with Gasteiger partial charge in [0.1, 0.15) is 0 Å². The summed E-state index contributed by atoms with van der Waals surface area (Å²) in [6, 6.07) is 0.929. The summed E-state index contributed by atoms with van der Waals surface area (Å²) in [5.74, 6) is 2.80. The van der Waals surface area contributed by atoms with E-state index in [9.17, 15) is 0 Å². The van der Waals surface area contributed by atoms with Crippen LogP contribution in [0.15, 0.2) is 4.99 Å². The highest BCUT2D eigenvalue weighted by Crippen LogP contribution is 2.31. The van der Waals surface area contributed by atoms with E-state index in [1.54, 1.807) is 0 Å². The lowest BCUT2D eigenvalue weighted by atomic mass is 10.0. The van der Waals surface area contributed by atoms with Crippen LogP contribution in [0.5, 0.6) is 0 Å². The van der Waals surface area contributed by atoms with E-state index >= 15 is 0 Å². The molecular weight excluding hydrogens is 272 g/mol. The van der Waals surface area contributed by atoms with Crippen molar-refractivity contribution in [2.75, 3.05) is 33.2 Å². The summed E-state index contributed by atoms with van der Waals surface area (Å²) in [6.45, 7) is 4.74. The molecule has 1 atom stereocenters. The number of guanidine groups is 1. The second kappa shape index (κ2) is 8.19. The molecule has 2 N–H and O–H groups in total. The van der Waals surface area contributed by atoms with Crippen molar-refractivity contribution in [3.63, 3.8) is 0 Å². The molecule has 3 fully saturated rings. The Morgan fingerprint density at radius 3 is 2.59 bits per heavy atom. The Bertz CT molecular complexity index is 358. The fraction of sp³-hybridized carbons (Fsp3) is 0.944. The van der Waals surface area contributed by atoms with E-state index in [2.05, 4.69) is 20.5 Å². The van der Waals surface area contributed by atoms with Crippen molar-refractivity contribution in [3.05, 3.63) is 0 Å². The molecule has 0 aromatic rings. The summed E-state index contributed by atoms with van der Waals surface area (Å²) >= 11 is 0. The van der Waals surface area contributed by atoms with Gasteiger partial charge in [0.25, 0.3) is 0 Å². The molecule has 0 radical (unpaired) electrons. The maximum absolute atomic E-state index is 4.37. The van der Waals surface area contributed by atoms with Crippen LogP contribution in [-0.2, 0) is 0 Å². The zero-order valence-corrected chi connectivity index (χ0v) is 14.3. The molecule has 22 heavy (non-hydrogen) atoms. The molecule has 1 unspecified atom stereocenters. The zero-order chi connectivity index (χ0) is 15.2. The Balaban J connectivity index is 1.25. The zero-order valence-electron chi connectivity index (χ0n) is 14.3. The van der Waals surface area contributed by atoms with Crippen molar-refractivity contribution in [3.8, 4) is 0 Å². The first-order valence-corrected chi connectivity index (χ1v) is 9.53. The molecule has 2 aliphatic carbocycles. The molecule has 4 nitrogen and oxygen atoms in total. The van der Waals surface area contributed by atoms with Gasteiger partial charge in [-0.05, 0) is 50.5 Å². The van der Waals surface area contributed by atoms with E-state index in [1.807, 2.05) is 7.05 Å². The lowest BCUT2D eigenvalue weighted by Crippen LogP contribution is -2.40. The maximum Gasteiger partial charge on any atom is 0.190 e. The first-order chi connectivity index (χ1) is 10.8. The second-order valence-corrected chi connectivity index (χ2v) is 7.55. The highest BCUT2D eigenvalue weighted by Gasteiger charge is 2.34. The van der Waals surface area contributed by atoms with E-state index in [4.69, 9.17) is 0 Å². The summed E-state index contributed by atoms with van der Waals surface area (Å²) in [5.41, 5.74) is 0. The summed E-state index contributed by atoms with van der Waals surface area (Å²) in [7, 11) is 1.89. The molecule has 1 aliphatic heterocycles. The predicted octanol–water partition coefficient (Wildman–Crippen LogP) is 2.61. The molecule has 4 heteroatoms. The van der Waals surface area contributed by atoms with Gasteiger partial charge in [-0.25, -0.2) is 0 Å². The maximum atomic E-state index is 4.37. The first-order valence-electron chi connectivity index (χ1n) is 9.53. The van der Waals surface area contributed by atoms with Gasteiger partial charge in [-0.1, -0.05) is 25.7 Å². The van der Waals surface area contributed by atoms with E-state index in [0.29, 0.717) is 0 Å². The quantitative estimate of drug-likeness (QED) is 0.431. The Labute approximate surface area is 136 Å². The van der Waals surface area contributed by atoms with E-state index in [-0.39, 0.29) is 0 Å². The van der Waals surface area contributed by atoms with E-state index in [0.717, 1.165) is 36.9 Å². The third-order valence-electron chi connectivity index (χ3n) is 5.72. The molecule has 3 aliphatic rings. The standard InChI is InChI=1S/C18H34N4/c1-19-18(20-11-4-7-15-5-2-3-6-15)21-13-16-10-12-22(14-16)17-8-9-17/h15-17H,2-14H2,1H3,(H2,19,20,21). The molecule has 2 saturated carbocycles. The number of aliphatic imine (C=N–C) groups is 1. The highest BCUT2D eigenvalue weighted by atomic mass is 15.2. The van der Waals surface area contributed by atoms with Crippen LogP contribution in [0.3, 0.4) is 0 Å². The van der Waals surface area contributed by atoms with Crippen molar-refractivity contribution in [1.82, 2.24) is 15.5 Å².